The molecule has 1 N–H and O–H groups in total. The molecule has 0 aromatic carbocycles. The Morgan fingerprint density at radius 2 is 1.52 bits per heavy atom. The highest BCUT2D eigenvalue weighted by atomic mass is 19.4. The van der Waals surface area contributed by atoms with Crippen molar-refractivity contribution in [1.29, 1.82) is 0 Å². The number of hydrogen-bond acceptors (Lipinski definition) is 5. The molecule has 0 fully saturated rings. The van der Waals surface area contributed by atoms with Crippen LogP contribution in [0.15, 0.2) is 48.8 Å². The van der Waals surface area contributed by atoms with Crippen LogP contribution in [0.3, 0.4) is 0 Å². The summed E-state index contributed by atoms with van der Waals surface area (Å²) in [6.07, 6.45) is -2.87. The minimum Gasteiger partial charge on any atom is -0.273 e. The van der Waals surface area contributed by atoms with Gasteiger partial charge in [-0.15, -0.1) is 5.10 Å². The lowest BCUT2D eigenvalue weighted by Gasteiger charge is -2.24. The van der Waals surface area contributed by atoms with E-state index in [9.17, 15) is 13.2 Å². The first-order valence-electron chi connectivity index (χ1n) is 10.4. The second-order valence-electron chi connectivity index (χ2n) is 9.34. The molecule has 10 heteroatoms. The SMILES string of the molecule is CC(C)(C)c1ncn(-c2cccc(C(C)(C)c3cccc(-c4cc(C(F)(F)F)[nH]n4)n3)n2)n1. The average molecular weight is 455 g/mol. The topological polar surface area (TPSA) is 85.2 Å². The van der Waals surface area contributed by atoms with Gasteiger partial charge in [-0.25, -0.2) is 14.6 Å². The van der Waals surface area contributed by atoms with Gasteiger partial charge in [-0.1, -0.05) is 32.9 Å². The second kappa shape index (κ2) is 7.79. The van der Waals surface area contributed by atoms with Crippen LogP contribution >= 0.6 is 0 Å². The quantitative estimate of drug-likeness (QED) is 0.463. The van der Waals surface area contributed by atoms with Crippen LogP contribution in [0.5, 0.6) is 0 Å². The Kier molecular flexibility index (Phi) is 5.34. The van der Waals surface area contributed by atoms with Crippen LogP contribution < -0.4 is 0 Å². The van der Waals surface area contributed by atoms with E-state index >= 15 is 0 Å². The van der Waals surface area contributed by atoms with Gasteiger partial charge in [0.05, 0.1) is 17.1 Å². The fourth-order valence-electron chi connectivity index (χ4n) is 3.27. The predicted molar refractivity (Wildman–Crippen MR) is 117 cm³/mol. The monoisotopic (exact) mass is 455 g/mol. The van der Waals surface area contributed by atoms with E-state index in [0.717, 1.165) is 11.8 Å². The van der Waals surface area contributed by atoms with Crippen molar-refractivity contribution in [3.05, 3.63) is 71.7 Å². The summed E-state index contributed by atoms with van der Waals surface area (Å²) in [5, 5.41) is 10.4. The Labute approximate surface area is 189 Å². The summed E-state index contributed by atoms with van der Waals surface area (Å²) in [4.78, 5) is 13.8. The van der Waals surface area contributed by atoms with Crippen LogP contribution in [-0.2, 0) is 17.0 Å². The fraction of sp³-hybridized carbons (Fsp3) is 0.348. The van der Waals surface area contributed by atoms with Crippen molar-refractivity contribution in [3.8, 4) is 17.2 Å². The molecule has 33 heavy (non-hydrogen) atoms. The van der Waals surface area contributed by atoms with Crippen molar-refractivity contribution in [2.45, 2.75) is 51.6 Å². The van der Waals surface area contributed by atoms with Crippen LogP contribution in [0.25, 0.3) is 17.2 Å². The number of nitrogens with one attached hydrogen (secondary N) is 1. The highest BCUT2D eigenvalue weighted by molar-refractivity contribution is 5.55. The van der Waals surface area contributed by atoms with E-state index < -0.39 is 17.3 Å². The van der Waals surface area contributed by atoms with Gasteiger partial charge in [0.25, 0.3) is 0 Å². The molecule has 0 bridgehead atoms. The maximum absolute atomic E-state index is 12.9. The van der Waals surface area contributed by atoms with Gasteiger partial charge in [0.2, 0.25) is 0 Å². The first kappa shape index (κ1) is 22.6. The molecule has 0 aliphatic rings. The van der Waals surface area contributed by atoms with Crippen LogP contribution in [-0.4, -0.2) is 34.9 Å². The number of halogens is 3. The smallest absolute Gasteiger partial charge is 0.273 e. The number of aromatic nitrogens is 7. The zero-order chi connectivity index (χ0) is 24.0. The maximum Gasteiger partial charge on any atom is 0.432 e. The number of rotatable bonds is 4. The molecule has 0 saturated carbocycles. The van der Waals surface area contributed by atoms with Gasteiger partial charge in [-0.05, 0) is 44.2 Å². The van der Waals surface area contributed by atoms with Crippen LogP contribution in [0.1, 0.15) is 57.5 Å². The number of pyridine rings is 2. The number of alkyl halides is 3. The zero-order valence-corrected chi connectivity index (χ0v) is 18.9. The third-order valence-corrected chi connectivity index (χ3v) is 5.31. The third-order valence-electron chi connectivity index (χ3n) is 5.31. The van der Waals surface area contributed by atoms with Crippen molar-refractivity contribution in [3.63, 3.8) is 0 Å². The van der Waals surface area contributed by atoms with Crippen LogP contribution in [0, 0.1) is 0 Å². The molecule has 0 aliphatic carbocycles. The maximum atomic E-state index is 12.9. The second-order valence-corrected chi connectivity index (χ2v) is 9.34. The van der Waals surface area contributed by atoms with Gasteiger partial charge >= 0.3 is 6.18 Å². The lowest BCUT2D eigenvalue weighted by atomic mass is 9.84. The van der Waals surface area contributed by atoms with Crippen LogP contribution in [0.4, 0.5) is 13.2 Å². The largest absolute Gasteiger partial charge is 0.432 e. The van der Waals surface area contributed by atoms with E-state index in [2.05, 4.69) is 20.2 Å². The summed E-state index contributed by atoms with van der Waals surface area (Å²) in [6, 6.07) is 11.8. The lowest BCUT2D eigenvalue weighted by molar-refractivity contribution is -0.141. The van der Waals surface area contributed by atoms with Gasteiger partial charge < -0.3 is 0 Å². The molecule has 0 saturated heterocycles. The summed E-state index contributed by atoms with van der Waals surface area (Å²) in [5.74, 6) is 1.32. The molecule has 0 amide bonds. The van der Waals surface area contributed by atoms with Crippen molar-refractivity contribution in [2.75, 3.05) is 0 Å². The zero-order valence-electron chi connectivity index (χ0n) is 18.9. The number of aromatic amines is 1. The van der Waals surface area contributed by atoms with Crippen molar-refractivity contribution in [1.82, 2.24) is 34.9 Å². The summed E-state index contributed by atoms with van der Waals surface area (Å²) < 4.78 is 40.5. The van der Waals surface area contributed by atoms with E-state index in [0.29, 0.717) is 23.0 Å². The Balaban J connectivity index is 1.68. The molecule has 7 nitrogen and oxygen atoms in total. The average Bonchev–Trinajstić information content (AvgIpc) is 3.44. The highest BCUT2D eigenvalue weighted by Gasteiger charge is 2.33. The molecule has 0 radical (unpaired) electrons. The third kappa shape index (κ3) is 4.50. The van der Waals surface area contributed by atoms with Gasteiger partial charge in [0.15, 0.2) is 11.6 Å². The fourth-order valence-corrected chi connectivity index (χ4v) is 3.27. The van der Waals surface area contributed by atoms with E-state index in [1.54, 1.807) is 23.1 Å². The number of nitrogens with zero attached hydrogens (tertiary/aromatic N) is 6. The molecule has 4 heterocycles. The summed E-state index contributed by atoms with van der Waals surface area (Å²) in [5.41, 5.74) is 0.105. The Morgan fingerprint density at radius 3 is 2.12 bits per heavy atom. The van der Waals surface area contributed by atoms with Gasteiger partial charge in [0, 0.05) is 10.8 Å². The molecule has 0 atom stereocenters. The van der Waals surface area contributed by atoms with Gasteiger partial charge in [-0.2, -0.15) is 18.3 Å². The van der Waals surface area contributed by atoms with Gasteiger partial charge in [0.1, 0.15) is 17.7 Å². The Bertz CT molecular complexity index is 1180. The van der Waals surface area contributed by atoms with Crippen molar-refractivity contribution < 1.29 is 13.2 Å². The first-order chi connectivity index (χ1) is 15.4. The predicted octanol–water partition coefficient (Wildman–Crippen LogP) is 5.09. The summed E-state index contributed by atoms with van der Waals surface area (Å²) >= 11 is 0. The first-order valence-corrected chi connectivity index (χ1v) is 10.4. The minimum absolute atomic E-state index is 0.124. The lowest BCUT2D eigenvalue weighted by Crippen LogP contribution is -2.23. The molecule has 4 aromatic rings. The van der Waals surface area contributed by atoms with Crippen molar-refractivity contribution >= 4 is 0 Å². The minimum atomic E-state index is -4.50. The van der Waals surface area contributed by atoms with Crippen LogP contribution in [0.2, 0.25) is 0 Å². The molecule has 0 aliphatic heterocycles. The molecule has 172 valence electrons. The standard InChI is InChI=1S/C23H24F3N7/c1-21(2,3)20-27-13-33(32-20)19-11-7-10-17(29-19)22(4,5)16-9-6-8-14(28-16)15-12-18(31-30-15)23(24,25)26/h6-13H,1-5H3,(H,30,31). The van der Waals surface area contributed by atoms with Gasteiger partial charge in [-0.3, -0.25) is 10.1 Å². The molecular weight excluding hydrogens is 431 g/mol. The molecule has 4 aromatic heterocycles. The van der Waals surface area contributed by atoms with E-state index in [-0.39, 0.29) is 11.1 Å². The van der Waals surface area contributed by atoms with E-state index in [1.165, 1.54) is 0 Å². The van der Waals surface area contributed by atoms with Crippen molar-refractivity contribution in [2.24, 2.45) is 0 Å². The molecule has 0 unspecified atom stereocenters. The highest BCUT2D eigenvalue weighted by Crippen LogP contribution is 2.33. The molecule has 0 spiro atoms. The summed E-state index contributed by atoms with van der Waals surface area (Å²) in [6.45, 7) is 10.0. The normalized spacial score (nSPS) is 12.8. The number of H-pyrrole nitrogens is 1. The van der Waals surface area contributed by atoms with E-state index in [4.69, 9.17) is 4.98 Å². The summed E-state index contributed by atoms with van der Waals surface area (Å²) in [7, 11) is 0. The Hall–Kier alpha value is -3.56. The van der Waals surface area contributed by atoms with E-state index in [1.807, 2.05) is 64.0 Å². The molecular formula is C23H24F3N7. The molecule has 4 rings (SSSR count). The number of hydrogen-bond donors (Lipinski definition) is 1. The Morgan fingerprint density at radius 1 is 0.848 bits per heavy atom.